The molecule has 0 aliphatic rings. The van der Waals surface area contributed by atoms with E-state index in [0.29, 0.717) is 0 Å². The van der Waals surface area contributed by atoms with Crippen molar-refractivity contribution in [1.29, 1.82) is 0 Å². The second-order valence-electron chi connectivity index (χ2n) is 3.57. The summed E-state index contributed by atoms with van der Waals surface area (Å²) in [6.45, 7) is 0. The van der Waals surface area contributed by atoms with E-state index in [9.17, 15) is 17.6 Å². The van der Waals surface area contributed by atoms with E-state index in [1.807, 2.05) is 0 Å². The van der Waals surface area contributed by atoms with Crippen LogP contribution in [0, 0.1) is 5.82 Å². The van der Waals surface area contributed by atoms with Crippen LogP contribution in [0.15, 0.2) is 27.9 Å². The van der Waals surface area contributed by atoms with Gasteiger partial charge in [-0.2, -0.15) is 18.2 Å². The summed E-state index contributed by atoms with van der Waals surface area (Å²) in [6, 6.07) is 3.62. The lowest BCUT2D eigenvalue weighted by Gasteiger charge is -1.99. The molecule has 0 radical (unpaired) electrons. The first-order valence-corrected chi connectivity index (χ1v) is 5.19. The lowest BCUT2D eigenvalue weighted by Crippen LogP contribution is -2.04. The van der Waals surface area contributed by atoms with Gasteiger partial charge < -0.3 is 9.36 Å². The number of benzene rings is 1. The second kappa shape index (κ2) is 5.27. The molecule has 2 aromatic rings. The number of hydrogen-bond acceptors (Lipinski definition) is 5. The van der Waals surface area contributed by atoms with Crippen molar-refractivity contribution >= 4 is 6.21 Å². The lowest BCUT2D eigenvalue weighted by molar-refractivity contribution is -0.159. The number of halogens is 4. The van der Waals surface area contributed by atoms with E-state index >= 15 is 0 Å². The van der Waals surface area contributed by atoms with Crippen molar-refractivity contribution in [3.8, 4) is 11.4 Å². The van der Waals surface area contributed by atoms with E-state index in [2.05, 4.69) is 24.7 Å². The van der Waals surface area contributed by atoms with Crippen LogP contribution in [0.5, 0.6) is 0 Å². The van der Waals surface area contributed by atoms with Crippen LogP contribution in [-0.4, -0.2) is 23.5 Å². The molecule has 20 heavy (non-hydrogen) atoms. The first-order valence-electron chi connectivity index (χ1n) is 5.19. The molecule has 0 unspecified atom stereocenters. The fourth-order valence-electron chi connectivity index (χ4n) is 1.34. The molecule has 0 spiro atoms. The van der Waals surface area contributed by atoms with Gasteiger partial charge in [0.2, 0.25) is 5.82 Å². The Morgan fingerprint density at radius 3 is 2.65 bits per heavy atom. The van der Waals surface area contributed by atoms with Gasteiger partial charge >= 0.3 is 12.1 Å². The monoisotopic (exact) mass is 289 g/mol. The van der Waals surface area contributed by atoms with Gasteiger partial charge in [-0.25, -0.2) is 4.39 Å². The second-order valence-corrected chi connectivity index (χ2v) is 3.57. The van der Waals surface area contributed by atoms with Crippen LogP contribution in [0.1, 0.15) is 11.5 Å². The van der Waals surface area contributed by atoms with Gasteiger partial charge in [0.05, 0.1) is 6.21 Å². The average Bonchev–Trinajstić information content (AvgIpc) is 2.86. The van der Waals surface area contributed by atoms with Gasteiger partial charge in [-0.1, -0.05) is 16.4 Å². The number of alkyl halides is 3. The Hall–Kier alpha value is -2.45. The molecule has 1 aromatic carbocycles. The number of hydrogen-bond donors (Lipinski definition) is 0. The maximum absolute atomic E-state index is 13.6. The summed E-state index contributed by atoms with van der Waals surface area (Å²) in [7, 11) is 1.29. The third-order valence-electron chi connectivity index (χ3n) is 2.22. The van der Waals surface area contributed by atoms with Gasteiger partial charge in [0.25, 0.3) is 0 Å². The van der Waals surface area contributed by atoms with Crippen molar-refractivity contribution in [3.63, 3.8) is 0 Å². The van der Waals surface area contributed by atoms with Crippen molar-refractivity contribution in [1.82, 2.24) is 10.1 Å². The average molecular weight is 289 g/mol. The van der Waals surface area contributed by atoms with Crippen molar-refractivity contribution in [3.05, 3.63) is 35.5 Å². The number of nitrogens with zero attached hydrogens (tertiary/aromatic N) is 3. The molecule has 1 aromatic heterocycles. The zero-order chi connectivity index (χ0) is 14.8. The highest BCUT2D eigenvalue weighted by molar-refractivity contribution is 5.80. The third-order valence-corrected chi connectivity index (χ3v) is 2.22. The maximum atomic E-state index is 13.6. The summed E-state index contributed by atoms with van der Waals surface area (Å²) in [6.07, 6.45) is -3.62. The standard InChI is InChI=1S/C11H7F4N3O2/c1-19-16-5-7-3-2-6(4-8(7)12)9-17-10(20-18-9)11(13,14)15/h2-5H,1H3. The number of oxime groups is 1. The molecule has 0 aliphatic heterocycles. The van der Waals surface area contributed by atoms with E-state index in [4.69, 9.17) is 0 Å². The van der Waals surface area contributed by atoms with Crippen LogP contribution in [0.25, 0.3) is 11.4 Å². The summed E-state index contributed by atoms with van der Waals surface area (Å²) < 4.78 is 54.6. The molecule has 5 nitrogen and oxygen atoms in total. The van der Waals surface area contributed by atoms with Gasteiger partial charge in [-0.05, 0) is 12.1 Å². The van der Waals surface area contributed by atoms with Crippen molar-refractivity contribution in [2.24, 2.45) is 5.16 Å². The fraction of sp³-hybridized carbons (Fsp3) is 0.182. The van der Waals surface area contributed by atoms with Crippen LogP contribution in [0.3, 0.4) is 0 Å². The topological polar surface area (TPSA) is 60.5 Å². The van der Waals surface area contributed by atoms with Gasteiger partial charge in [0.15, 0.2) is 0 Å². The largest absolute Gasteiger partial charge is 0.471 e. The summed E-state index contributed by atoms with van der Waals surface area (Å²) in [5, 5.41) is 6.53. The molecule has 9 heteroatoms. The Morgan fingerprint density at radius 1 is 1.35 bits per heavy atom. The minimum Gasteiger partial charge on any atom is -0.399 e. The highest BCUT2D eigenvalue weighted by Crippen LogP contribution is 2.29. The summed E-state index contributed by atoms with van der Waals surface area (Å²) in [4.78, 5) is 7.55. The molecule has 0 saturated carbocycles. The summed E-state index contributed by atoms with van der Waals surface area (Å²) in [5.41, 5.74) is 0.159. The van der Waals surface area contributed by atoms with Crippen molar-refractivity contribution < 1.29 is 26.9 Å². The number of rotatable bonds is 3. The highest BCUT2D eigenvalue weighted by atomic mass is 19.4. The smallest absolute Gasteiger partial charge is 0.399 e. The van der Waals surface area contributed by atoms with E-state index < -0.39 is 17.9 Å². The van der Waals surface area contributed by atoms with Crippen LogP contribution in [-0.2, 0) is 11.0 Å². The normalized spacial score (nSPS) is 12.1. The highest BCUT2D eigenvalue weighted by Gasteiger charge is 2.38. The predicted molar refractivity (Wildman–Crippen MR) is 59.3 cm³/mol. The molecule has 0 fully saturated rings. The van der Waals surface area contributed by atoms with Gasteiger partial charge in [0.1, 0.15) is 12.9 Å². The van der Waals surface area contributed by atoms with Gasteiger partial charge in [0, 0.05) is 11.1 Å². The third kappa shape index (κ3) is 2.92. The molecular weight excluding hydrogens is 282 g/mol. The minimum absolute atomic E-state index is 0.0521. The Morgan fingerprint density at radius 2 is 2.10 bits per heavy atom. The van der Waals surface area contributed by atoms with Crippen molar-refractivity contribution in [2.75, 3.05) is 7.11 Å². The van der Waals surface area contributed by atoms with Crippen LogP contribution in [0.2, 0.25) is 0 Å². The minimum atomic E-state index is -4.74. The fourth-order valence-corrected chi connectivity index (χ4v) is 1.34. The van der Waals surface area contributed by atoms with Gasteiger partial charge in [-0.3, -0.25) is 0 Å². The van der Waals surface area contributed by atoms with Crippen molar-refractivity contribution in [2.45, 2.75) is 6.18 Å². The first-order chi connectivity index (χ1) is 9.41. The summed E-state index contributed by atoms with van der Waals surface area (Å²) in [5.74, 6) is -2.55. The van der Waals surface area contributed by atoms with E-state index in [1.165, 1.54) is 19.2 Å². The molecule has 0 saturated heterocycles. The van der Waals surface area contributed by atoms with E-state index in [-0.39, 0.29) is 17.0 Å². The predicted octanol–water partition coefficient (Wildman–Crippen LogP) is 2.87. The Balaban J connectivity index is 2.32. The zero-order valence-corrected chi connectivity index (χ0v) is 9.98. The van der Waals surface area contributed by atoms with Crippen LogP contribution in [0.4, 0.5) is 17.6 Å². The molecule has 0 amide bonds. The molecule has 0 aliphatic carbocycles. The van der Waals surface area contributed by atoms with Crippen LogP contribution >= 0.6 is 0 Å². The lowest BCUT2D eigenvalue weighted by atomic mass is 10.1. The van der Waals surface area contributed by atoms with E-state index in [0.717, 1.165) is 12.3 Å². The van der Waals surface area contributed by atoms with Crippen LogP contribution < -0.4 is 0 Å². The molecule has 0 bridgehead atoms. The Kier molecular flexibility index (Phi) is 3.68. The molecule has 0 N–H and O–H groups in total. The molecule has 1 heterocycles. The summed E-state index contributed by atoms with van der Waals surface area (Å²) >= 11 is 0. The number of aromatic nitrogens is 2. The first kappa shape index (κ1) is 14.0. The Bertz CT molecular complexity index is 637. The van der Waals surface area contributed by atoms with Gasteiger partial charge in [-0.15, -0.1) is 0 Å². The molecule has 2 rings (SSSR count). The SMILES string of the molecule is CON=Cc1ccc(-c2noc(C(F)(F)F)n2)cc1F. The molecule has 0 atom stereocenters. The molecule has 106 valence electrons. The maximum Gasteiger partial charge on any atom is 0.471 e. The molecular formula is C11H7F4N3O2. The Labute approximate surface area is 109 Å². The van der Waals surface area contributed by atoms with E-state index in [1.54, 1.807) is 0 Å². The quantitative estimate of drug-likeness (QED) is 0.495. The zero-order valence-electron chi connectivity index (χ0n) is 9.98.